The van der Waals surface area contributed by atoms with Gasteiger partial charge in [-0.15, -0.1) is 0 Å². The second-order valence-corrected chi connectivity index (χ2v) is 2.95. The molecule has 0 saturated carbocycles. The minimum absolute atomic E-state index is 0.223. The van der Waals surface area contributed by atoms with Crippen molar-refractivity contribution in [1.82, 2.24) is 0 Å². The van der Waals surface area contributed by atoms with Gasteiger partial charge in [0, 0.05) is 6.08 Å². The Kier molecular flexibility index (Phi) is 3.62. The van der Waals surface area contributed by atoms with Gasteiger partial charge in [-0.05, 0) is 24.1 Å². The van der Waals surface area contributed by atoms with E-state index in [9.17, 15) is 9.59 Å². The molecule has 0 bridgehead atoms. The van der Waals surface area contributed by atoms with Gasteiger partial charge in [-0.25, -0.2) is 9.59 Å². The van der Waals surface area contributed by atoms with Crippen LogP contribution in [0.4, 0.5) is 0 Å². The first-order valence-corrected chi connectivity index (χ1v) is 4.31. The second-order valence-electron chi connectivity index (χ2n) is 2.95. The van der Waals surface area contributed by atoms with Gasteiger partial charge in [0.2, 0.25) is 0 Å². The molecule has 1 aromatic carbocycles. The quantitative estimate of drug-likeness (QED) is 0.733. The lowest BCUT2D eigenvalue weighted by Gasteiger charge is -1.97. The Bertz CT molecular complexity index is 390. The van der Waals surface area contributed by atoms with Crippen molar-refractivity contribution < 1.29 is 19.8 Å². The monoisotopic (exact) mass is 206 g/mol. The molecule has 0 unspecified atom stereocenters. The third kappa shape index (κ3) is 3.64. The van der Waals surface area contributed by atoms with Crippen molar-refractivity contribution in [2.75, 3.05) is 0 Å². The Labute approximate surface area is 86.5 Å². The Morgan fingerprint density at radius 1 is 1.13 bits per heavy atom. The number of carbonyl (C=O) groups is 2. The molecule has 15 heavy (non-hydrogen) atoms. The smallest absolute Gasteiger partial charge is 0.335 e. The topological polar surface area (TPSA) is 74.6 Å². The van der Waals surface area contributed by atoms with Gasteiger partial charge in [-0.3, -0.25) is 0 Å². The summed E-state index contributed by atoms with van der Waals surface area (Å²) in [5.41, 5.74) is 1.10. The summed E-state index contributed by atoms with van der Waals surface area (Å²) in [6, 6.07) is 6.31. The normalized spacial score (nSPS) is 10.4. The van der Waals surface area contributed by atoms with Crippen molar-refractivity contribution in [2.24, 2.45) is 0 Å². The van der Waals surface area contributed by atoms with E-state index in [1.54, 1.807) is 12.1 Å². The summed E-state index contributed by atoms with van der Waals surface area (Å²) in [6.07, 6.45) is 3.05. The van der Waals surface area contributed by atoms with Crippen LogP contribution in [0.15, 0.2) is 36.4 Å². The summed E-state index contributed by atoms with van der Waals surface area (Å²) in [5, 5.41) is 17.0. The van der Waals surface area contributed by atoms with E-state index < -0.39 is 11.9 Å². The molecule has 0 aliphatic carbocycles. The van der Waals surface area contributed by atoms with E-state index in [1.165, 1.54) is 18.2 Å². The molecule has 0 aromatic heterocycles. The minimum Gasteiger partial charge on any atom is -0.478 e. The number of hydrogen-bond acceptors (Lipinski definition) is 2. The number of carboxylic acids is 2. The highest BCUT2D eigenvalue weighted by molar-refractivity contribution is 5.87. The number of aliphatic carboxylic acids is 1. The van der Waals surface area contributed by atoms with E-state index in [-0.39, 0.29) is 5.56 Å². The van der Waals surface area contributed by atoms with Gasteiger partial charge in [-0.1, -0.05) is 18.2 Å². The Hall–Kier alpha value is -2.10. The maximum absolute atomic E-state index is 10.5. The molecule has 0 fully saturated rings. The summed E-state index contributed by atoms with van der Waals surface area (Å²) >= 11 is 0. The van der Waals surface area contributed by atoms with Crippen LogP contribution >= 0.6 is 0 Å². The van der Waals surface area contributed by atoms with Crippen LogP contribution in [0.25, 0.3) is 0 Å². The zero-order valence-corrected chi connectivity index (χ0v) is 7.88. The third-order valence-corrected chi connectivity index (χ3v) is 1.81. The molecule has 4 nitrogen and oxygen atoms in total. The van der Waals surface area contributed by atoms with E-state index in [1.807, 2.05) is 0 Å². The predicted molar refractivity (Wildman–Crippen MR) is 53.9 cm³/mol. The molecule has 0 aliphatic heterocycles. The van der Waals surface area contributed by atoms with Gasteiger partial charge in [0.1, 0.15) is 0 Å². The summed E-state index contributed by atoms with van der Waals surface area (Å²) in [7, 11) is 0. The first-order valence-electron chi connectivity index (χ1n) is 4.31. The molecule has 78 valence electrons. The fourth-order valence-electron chi connectivity index (χ4n) is 1.08. The molecule has 1 aromatic rings. The van der Waals surface area contributed by atoms with Gasteiger partial charge in [-0.2, -0.15) is 0 Å². The summed E-state index contributed by atoms with van der Waals surface area (Å²) in [5.74, 6) is -1.96. The largest absolute Gasteiger partial charge is 0.478 e. The molecular formula is C11H10O4. The first kappa shape index (κ1) is 11.0. The standard InChI is InChI=1S/C11H10O4/c12-10(13)3-1-2-8-4-6-9(7-5-8)11(14)15/h1,3-7H,2H2,(H,12,13)(H,14,15)/b3-1-. The van der Waals surface area contributed by atoms with Crippen LogP contribution in [0.2, 0.25) is 0 Å². The van der Waals surface area contributed by atoms with Crippen LogP contribution < -0.4 is 0 Å². The summed E-state index contributed by atoms with van der Waals surface area (Å²) in [6.45, 7) is 0. The van der Waals surface area contributed by atoms with Crippen molar-refractivity contribution in [3.63, 3.8) is 0 Å². The van der Waals surface area contributed by atoms with Gasteiger partial charge < -0.3 is 10.2 Å². The molecule has 0 radical (unpaired) electrons. The second kappa shape index (κ2) is 4.95. The number of rotatable bonds is 4. The molecule has 0 heterocycles. The van der Waals surface area contributed by atoms with E-state index in [2.05, 4.69) is 0 Å². The van der Waals surface area contributed by atoms with Crippen LogP contribution in [0, 0.1) is 0 Å². The zero-order valence-electron chi connectivity index (χ0n) is 7.88. The Morgan fingerprint density at radius 3 is 2.20 bits per heavy atom. The van der Waals surface area contributed by atoms with Crippen LogP contribution in [0.5, 0.6) is 0 Å². The number of allylic oxidation sites excluding steroid dienone is 1. The zero-order chi connectivity index (χ0) is 11.3. The third-order valence-electron chi connectivity index (χ3n) is 1.81. The Morgan fingerprint density at radius 2 is 1.73 bits per heavy atom. The van der Waals surface area contributed by atoms with Crippen molar-refractivity contribution in [3.8, 4) is 0 Å². The SMILES string of the molecule is O=C(O)/C=C\Cc1ccc(C(=O)O)cc1. The fraction of sp³-hybridized carbons (Fsp3) is 0.0909. The van der Waals surface area contributed by atoms with Crippen LogP contribution in [-0.4, -0.2) is 22.2 Å². The van der Waals surface area contributed by atoms with Gasteiger partial charge in [0.25, 0.3) is 0 Å². The summed E-state index contributed by atoms with van der Waals surface area (Å²) < 4.78 is 0. The van der Waals surface area contributed by atoms with Crippen molar-refractivity contribution in [1.29, 1.82) is 0 Å². The van der Waals surface area contributed by atoms with Crippen molar-refractivity contribution in [3.05, 3.63) is 47.5 Å². The highest BCUT2D eigenvalue weighted by Gasteiger charge is 2.00. The van der Waals surface area contributed by atoms with E-state index in [0.717, 1.165) is 11.6 Å². The highest BCUT2D eigenvalue weighted by atomic mass is 16.4. The molecule has 0 spiro atoms. The molecule has 4 heteroatoms. The molecule has 2 N–H and O–H groups in total. The van der Waals surface area contributed by atoms with Crippen molar-refractivity contribution >= 4 is 11.9 Å². The van der Waals surface area contributed by atoms with E-state index in [4.69, 9.17) is 10.2 Å². The lowest BCUT2D eigenvalue weighted by molar-refractivity contribution is -0.131. The molecule has 0 saturated heterocycles. The molecule has 0 atom stereocenters. The first-order chi connectivity index (χ1) is 7.09. The maximum Gasteiger partial charge on any atom is 0.335 e. The number of aromatic carboxylic acids is 1. The molecule has 0 aliphatic rings. The number of benzene rings is 1. The highest BCUT2D eigenvalue weighted by Crippen LogP contribution is 2.05. The Balaban J connectivity index is 2.65. The van der Waals surface area contributed by atoms with Crippen LogP contribution in [-0.2, 0) is 11.2 Å². The lowest BCUT2D eigenvalue weighted by atomic mass is 10.1. The average molecular weight is 206 g/mol. The minimum atomic E-state index is -0.989. The van der Waals surface area contributed by atoms with Gasteiger partial charge in [0.15, 0.2) is 0 Å². The lowest BCUT2D eigenvalue weighted by Crippen LogP contribution is -1.95. The fourth-order valence-corrected chi connectivity index (χ4v) is 1.08. The molecule has 1 rings (SSSR count). The average Bonchev–Trinajstić information content (AvgIpc) is 2.18. The molecular weight excluding hydrogens is 196 g/mol. The maximum atomic E-state index is 10.5. The van der Waals surface area contributed by atoms with Crippen molar-refractivity contribution in [2.45, 2.75) is 6.42 Å². The predicted octanol–water partition coefficient (Wildman–Crippen LogP) is 1.57. The number of hydrogen-bond donors (Lipinski definition) is 2. The van der Waals surface area contributed by atoms with E-state index >= 15 is 0 Å². The number of carboxylic acid groups (broad SMARTS) is 2. The molecule has 0 amide bonds. The van der Waals surface area contributed by atoms with Crippen LogP contribution in [0.3, 0.4) is 0 Å². The van der Waals surface area contributed by atoms with E-state index in [0.29, 0.717) is 6.42 Å². The van der Waals surface area contributed by atoms with Gasteiger partial charge >= 0.3 is 11.9 Å². The van der Waals surface area contributed by atoms with Gasteiger partial charge in [0.05, 0.1) is 5.56 Å². The summed E-state index contributed by atoms with van der Waals surface area (Å²) in [4.78, 5) is 20.7. The van der Waals surface area contributed by atoms with Crippen LogP contribution in [0.1, 0.15) is 15.9 Å².